The Hall–Kier alpha value is -1.13. The van der Waals surface area contributed by atoms with E-state index in [-0.39, 0.29) is 12.5 Å². The maximum atomic E-state index is 12.0. The molecule has 2 rings (SSSR count). The number of nitrogens with one attached hydrogen (secondary N) is 1. The number of amides is 1. The Balaban J connectivity index is 1.91. The second-order valence-electron chi connectivity index (χ2n) is 3.83. The van der Waals surface area contributed by atoms with Crippen molar-refractivity contribution in [1.29, 1.82) is 0 Å². The summed E-state index contributed by atoms with van der Waals surface area (Å²) in [6.45, 7) is 0.584. The van der Waals surface area contributed by atoms with Crippen LogP contribution >= 0.6 is 38.6 Å². The second kappa shape index (κ2) is 7.60. The van der Waals surface area contributed by atoms with Crippen LogP contribution in [0.2, 0.25) is 0 Å². The van der Waals surface area contributed by atoms with Crippen molar-refractivity contribution in [3.8, 4) is 11.8 Å². The molecular formula is C14H12BrNO2S2. The van der Waals surface area contributed by atoms with E-state index in [1.54, 1.807) is 17.4 Å². The minimum absolute atomic E-state index is 0.0576. The fourth-order valence-electron chi connectivity index (χ4n) is 1.43. The van der Waals surface area contributed by atoms with E-state index >= 15 is 0 Å². The highest BCUT2D eigenvalue weighted by atomic mass is 79.9. The monoisotopic (exact) mass is 369 g/mol. The molecule has 0 radical (unpaired) electrons. The predicted octanol–water partition coefficient (Wildman–Crippen LogP) is 3.24. The average molecular weight is 370 g/mol. The summed E-state index contributed by atoms with van der Waals surface area (Å²) < 4.78 is 1.05. The van der Waals surface area contributed by atoms with E-state index in [1.165, 1.54) is 11.3 Å². The summed E-state index contributed by atoms with van der Waals surface area (Å²) in [7, 11) is 0. The zero-order chi connectivity index (χ0) is 14.4. The lowest BCUT2D eigenvalue weighted by molar-refractivity contribution is 0.0955. The van der Waals surface area contributed by atoms with Crippen molar-refractivity contribution >= 4 is 44.5 Å². The molecule has 0 aromatic carbocycles. The van der Waals surface area contributed by atoms with Crippen LogP contribution in [-0.2, 0) is 6.54 Å². The van der Waals surface area contributed by atoms with Gasteiger partial charge >= 0.3 is 0 Å². The van der Waals surface area contributed by atoms with Crippen LogP contribution in [-0.4, -0.2) is 17.6 Å². The largest absolute Gasteiger partial charge is 0.395 e. The molecule has 0 atom stereocenters. The summed E-state index contributed by atoms with van der Waals surface area (Å²) >= 11 is 6.35. The van der Waals surface area contributed by atoms with Crippen LogP contribution in [0.3, 0.4) is 0 Å². The van der Waals surface area contributed by atoms with Crippen molar-refractivity contribution in [1.82, 2.24) is 5.32 Å². The Bertz CT molecular complexity index is 651. The number of hydrogen-bond donors (Lipinski definition) is 2. The van der Waals surface area contributed by atoms with Gasteiger partial charge < -0.3 is 10.4 Å². The molecule has 2 aromatic heterocycles. The van der Waals surface area contributed by atoms with E-state index in [0.717, 1.165) is 13.5 Å². The number of aliphatic hydroxyl groups excluding tert-OH is 1. The third-order valence-electron chi connectivity index (χ3n) is 2.33. The molecule has 0 aliphatic rings. The van der Waals surface area contributed by atoms with Gasteiger partial charge in [-0.2, -0.15) is 0 Å². The molecule has 2 heterocycles. The van der Waals surface area contributed by atoms with Crippen LogP contribution in [0.5, 0.6) is 0 Å². The minimum Gasteiger partial charge on any atom is -0.395 e. The lowest BCUT2D eigenvalue weighted by atomic mass is 10.3. The first-order valence-electron chi connectivity index (χ1n) is 5.91. The van der Waals surface area contributed by atoms with Crippen molar-refractivity contribution in [2.75, 3.05) is 6.61 Å². The SMILES string of the molecule is O=C(NCc1ccc(Br)s1)c1ccc(C#CCCO)s1. The van der Waals surface area contributed by atoms with Gasteiger partial charge in [0, 0.05) is 11.3 Å². The van der Waals surface area contributed by atoms with Crippen LogP contribution in [0, 0.1) is 11.8 Å². The molecule has 0 aliphatic carbocycles. The van der Waals surface area contributed by atoms with E-state index in [1.807, 2.05) is 18.2 Å². The smallest absolute Gasteiger partial charge is 0.261 e. The van der Waals surface area contributed by atoms with Gasteiger partial charge in [0.1, 0.15) is 0 Å². The molecule has 0 spiro atoms. The molecule has 2 N–H and O–H groups in total. The van der Waals surface area contributed by atoms with Crippen LogP contribution < -0.4 is 5.32 Å². The zero-order valence-corrected chi connectivity index (χ0v) is 13.7. The summed E-state index contributed by atoms with van der Waals surface area (Å²) in [5.74, 6) is 5.67. The Labute approximate surface area is 133 Å². The summed E-state index contributed by atoms with van der Waals surface area (Å²) in [5, 5.41) is 11.5. The number of rotatable bonds is 4. The van der Waals surface area contributed by atoms with Gasteiger partial charge in [0.25, 0.3) is 5.91 Å². The quantitative estimate of drug-likeness (QED) is 0.812. The van der Waals surface area contributed by atoms with Crippen molar-refractivity contribution in [2.45, 2.75) is 13.0 Å². The van der Waals surface area contributed by atoms with Crippen molar-refractivity contribution < 1.29 is 9.90 Å². The highest BCUT2D eigenvalue weighted by Gasteiger charge is 2.08. The summed E-state index contributed by atoms with van der Waals surface area (Å²) in [5.41, 5.74) is 0. The molecule has 104 valence electrons. The van der Waals surface area contributed by atoms with Gasteiger partial charge in [-0.05, 0) is 40.2 Å². The Morgan fingerprint density at radius 3 is 2.85 bits per heavy atom. The van der Waals surface area contributed by atoms with Gasteiger partial charge in [0.2, 0.25) is 0 Å². The fourth-order valence-corrected chi connectivity index (χ4v) is 3.65. The molecule has 6 heteroatoms. The molecule has 0 bridgehead atoms. The third kappa shape index (κ3) is 4.46. The van der Waals surface area contributed by atoms with E-state index in [2.05, 4.69) is 33.1 Å². The number of halogens is 1. The first kappa shape index (κ1) is 15.3. The van der Waals surface area contributed by atoms with E-state index in [9.17, 15) is 4.79 Å². The first-order valence-corrected chi connectivity index (χ1v) is 8.33. The molecule has 0 saturated carbocycles. The number of carbonyl (C=O) groups is 1. The zero-order valence-electron chi connectivity index (χ0n) is 10.5. The predicted molar refractivity (Wildman–Crippen MR) is 86.1 cm³/mol. The van der Waals surface area contributed by atoms with E-state index in [0.29, 0.717) is 17.8 Å². The normalized spacial score (nSPS) is 9.90. The molecule has 0 aliphatic heterocycles. The number of aliphatic hydroxyl groups is 1. The van der Waals surface area contributed by atoms with E-state index in [4.69, 9.17) is 5.11 Å². The summed E-state index contributed by atoms with van der Waals surface area (Å²) in [6, 6.07) is 7.54. The maximum Gasteiger partial charge on any atom is 0.261 e. The second-order valence-corrected chi connectivity index (χ2v) is 7.46. The number of hydrogen-bond acceptors (Lipinski definition) is 4. The van der Waals surface area contributed by atoms with Gasteiger partial charge in [-0.1, -0.05) is 11.8 Å². The van der Waals surface area contributed by atoms with Crippen LogP contribution in [0.25, 0.3) is 0 Å². The molecule has 0 fully saturated rings. The Morgan fingerprint density at radius 1 is 1.30 bits per heavy atom. The maximum absolute atomic E-state index is 12.0. The van der Waals surface area contributed by atoms with Gasteiger partial charge in [0.15, 0.2) is 0 Å². The molecular weight excluding hydrogens is 358 g/mol. The highest BCUT2D eigenvalue weighted by molar-refractivity contribution is 9.11. The van der Waals surface area contributed by atoms with Gasteiger partial charge in [-0.25, -0.2) is 0 Å². The van der Waals surface area contributed by atoms with Gasteiger partial charge in [-0.3, -0.25) is 4.79 Å². The minimum atomic E-state index is -0.0882. The molecule has 2 aromatic rings. The molecule has 3 nitrogen and oxygen atoms in total. The standard InChI is InChI=1S/C14H12BrNO2S2/c15-13-7-5-11(20-13)9-16-14(18)12-6-4-10(19-12)3-1-2-8-17/h4-7,17H,2,8-9H2,(H,16,18). The highest BCUT2D eigenvalue weighted by Crippen LogP contribution is 2.22. The molecule has 0 unspecified atom stereocenters. The van der Waals surface area contributed by atoms with Crippen LogP contribution in [0.1, 0.15) is 25.8 Å². The Kier molecular flexibility index (Phi) is 5.80. The number of carbonyl (C=O) groups excluding carboxylic acids is 1. The summed E-state index contributed by atoms with van der Waals surface area (Å²) in [6.07, 6.45) is 0.451. The topological polar surface area (TPSA) is 49.3 Å². The molecule has 20 heavy (non-hydrogen) atoms. The Morgan fingerprint density at radius 2 is 2.15 bits per heavy atom. The van der Waals surface area contributed by atoms with Crippen molar-refractivity contribution in [3.05, 3.63) is 42.7 Å². The summed E-state index contributed by atoms with van der Waals surface area (Å²) in [4.78, 5) is 14.6. The molecule has 0 saturated heterocycles. The van der Waals surface area contributed by atoms with Crippen molar-refractivity contribution in [3.63, 3.8) is 0 Å². The van der Waals surface area contributed by atoms with Crippen LogP contribution in [0.15, 0.2) is 28.1 Å². The lowest BCUT2D eigenvalue weighted by Gasteiger charge is -2.00. The third-order valence-corrected chi connectivity index (χ3v) is 4.95. The molecule has 1 amide bonds. The first-order chi connectivity index (χ1) is 9.69. The average Bonchev–Trinajstić information content (AvgIpc) is 3.06. The fraction of sp³-hybridized carbons (Fsp3) is 0.214. The van der Waals surface area contributed by atoms with Gasteiger partial charge in [0.05, 0.1) is 26.7 Å². The van der Waals surface area contributed by atoms with Crippen LogP contribution in [0.4, 0.5) is 0 Å². The number of thiophene rings is 2. The van der Waals surface area contributed by atoms with Crippen molar-refractivity contribution in [2.24, 2.45) is 0 Å². The van der Waals surface area contributed by atoms with Gasteiger partial charge in [-0.15, -0.1) is 22.7 Å². The lowest BCUT2D eigenvalue weighted by Crippen LogP contribution is -2.21. The van der Waals surface area contributed by atoms with E-state index < -0.39 is 0 Å².